The molecule has 0 radical (unpaired) electrons. The summed E-state index contributed by atoms with van der Waals surface area (Å²) in [5.74, 6) is -0.540. The summed E-state index contributed by atoms with van der Waals surface area (Å²) in [4.78, 5) is 34.1. The molecule has 8 heteroatoms. The molecule has 0 spiro atoms. The van der Waals surface area contributed by atoms with Crippen LogP contribution in [-0.2, 0) is 9.53 Å². The highest BCUT2D eigenvalue weighted by Crippen LogP contribution is 2.36. The zero-order valence-electron chi connectivity index (χ0n) is 16.1. The number of piperidine rings is 1. The molecule has 0 saturated carbocycles. The van der Waals surface area contributed by atoms with E-state index < -0.39 is 5.60 Å². The van der Waals surface area contributed by atoms with Crippen LogP contribution >= 0.6 is 11.3 Å². The number of nitrogens with zero attached hydrogens (tertiary/aromatic N) is 3. The Hall–Kier alpha value is -2.32. The quantitative estimate of drug-likeness (QED) is 0.774. The molecule has 28 heavy (non-hydrogen) atoms. The fourth-order valence-corrected chi connectivity index (χ4v) is 5.02. The van der Waals surface area contributed by atoms with E-state index in [0.29, 0.717) is 30.1 Å². The summed E-state index contributed by atoms with van der Waals surface area (Å²) in [6, 6.07) is 5.71. The van der Waals surface area contributed by atoms with Gasteiger partial charge in [0.15, 0.2) is 0 Å². The van der Waals surface area contributed by atoms with Gasteiger partial charge in [-0.25, -0.2) is 9.37 Å². The Kier molecular flexibility index (Phi) is 4.71. The van der Waals surface area contributed by atoms with Crippen molar-refractivity contribution in [2.75, 3.05) is 24.6 Å². The highest BCUT2D eigenvalue weighted by molar-refractivity contribution is 7.13. The Balaban J connectivity index is 1.59. The number of benzene rings is 1. The largest absolute Gasteiger partial charge is 0.361 e. The van der Waals surface area contributed by atoms with E-state index in [9.17, 15) is 14.0 Å². The maximum Gasteiger partial charge on any atom is 0.265 e. The van der Waals surface area contributed by atoms with E-state index in [1.165, 1.54) is 23.5 Å². The number of aryl methyl sites for hydroxylation is 2. The van der Waals surface area contributed by atoms with Gasteiger partial charge in [0.2, 0.25) is 0 Å². The summed E-state index contributed by atoms with van der Waals surface area (Å²) in [6.45, 7) is 6.51. The minimum absolute atomic E-state index is 0.0448. The predicted molar refractivity (Wildman–Crippen MR) is 104 cm³/mol. The van der Waals surface area contributed by atoms with Gasteiger partial charge >= 0.3 is 0 Å². The van der Waals surface area contributed by atoms with Crippen LogP contribution in [-0.4, -0.2) is 53.0 Å². The predicted octanol–water partition coefficient (Wildman–Crippen LogP) is 2.94. The normalized spacial score (nSPS) is 25.0. The topological polar surface area (TPSA) is 62.7 Å². The number of thiazole rings is 1. The lowest BCUT2D eigenvalue weighted by molar-refractivity contribution is -0.149. The monoisotopic (exact) mass is 403 g/mol. The summed E-state index contributed by atoms with van der Waals surface area (Å²) in [7, 11) is 0. The fourth-order valence-electron chi connectivity index (χ4n) is 4.13. The van der Waals surface area contributed by atoms with Crippen molar-refractivity contribution < 1.29 is 18.7 Å². The lowest BCUT2D eigenvalue weighted by atomic mass is 9.85. The number of anilines is 1. The van der Waals surface area contributed by atoms with E-state index in [1.807, 2.05) is 20.8 Å². The van der Waals surface area contributed by atoms with Gasteiger partial charge in [-0.1, -0.05) is 0 Å². The van der Waals surface area contributed by atoms with E-state index >= 15 is 0 Å². The Morgan fingerprint density at radius 2 is 2.04 bits per heavy atom. The van der Waals surface area contributed by atoms with Crippen molar-refractivity contribution in [3.63, 3.8) is 0 Å². The van der Waals surface area contributed by atoms with E-state index in [2.05, 4.69) is 4.98 Å². The van der Waals surface area contributed by atoms with Crippen molar-refractivity contribution in [1.82, 2.24) is 9.88 Å². The molecule has 2 aliphatic rings. The van der Waals surface area contributed by atoms with Crippen molar-refractivity contribution in [3.8, 4) is 0 Å². The number of hydrogen-bond acceptors (Lipinski definition) is 5. The number of hydrogen-bond donors (Lipinski definition) is 0. The number of amides is 2. The van der Waals surface area contributed by atoms with E-state index in [-0.39, 0.29) is 30.3 Å². The van der Waals surface area contributed by atoms with Crippen LogP contribution in [0.5, 0.6) is 0 Å². The third kappa shape index (κ3) is 3.20. The van der Waals surface area contributed by atoms with Crippen LogP contribution in [0.4, 0.5) is 10.1 Å². The summed E-state index contributed by atoms with van der Waals surface area (Å²) in [5.41, 5.74) is 0.705. The molecule has 2 fully saturated rings. The average Bonchev–Trinajstić information content (AvgIpc) is 3.00. The van der Waals surface area contributed by atoms with Crippen LogP contribution < -0.4 is 4.90 Å². The van der Waals surface area contributed by atoms with Gasteiger partial charge < -0.3 is 14.5 Å². The fraction of sp³-hybridized carbons (Fsp3) is 0.450. The van der Waals surface area contributed by atoms with E-state index in [1.54, 1.807) is 21.9 Å². The second-order valence-electron chi connectivity index (χ2n) is 7.52. The highest BCUT2D eigenvalue weighted by atomic mass is 32.1. The molecule has 6 nitrogen and oxygen atoms in total. The lowest BCUT2D eigenvalue weighted by Crippen LogP contribution is -2.68. The number of halogens is 1. The molecule has 0 N–H and O–H groups in total. The number of carbonyl (C=O) groups excluding carboxylic acids is 2. The lowest BCUT2D eigenvalue weighted by Gasteiger charge is -2.52. The summed E-state index contributed by atoms with van der Waals surface area (Å²) in [6.07, 6.45) is 0.586. The number of aromatic nitrogens is 1. The Morgan fingerprint density at radius 1 is 1.32 bits per heavy atom. The van der Waals surface area contributed by atoms with Crippen LogP contribution in [0.3, 0.4) is 0 Å². The van der Waals surface area contributed by atoms with Gasteiger partial charge in [0, 0.05) is 12.2 Å². The second-order valence-corrected chi connectivity index (χ2v) is 8.72. The molecule has 2 amide bonds. The smallest absolute Gasteiger partial charge is 0.265 e. The van der Waals surface area contributed by atoms with Crippen LogP contribution in [0.25, 0.3) is 0 Å². The molecular weight excluding hydrogens is 381 g/mol. The molecule has 4 rings (SSSR count). The van der Waals surface area contributed by atoms with Gasteiger partial charge in [0.05, 0.1) is 23.3 Å². The molecule has 2 aromatic rings. The van der Waals surface area contributed by atoms with Crippen LogP contribution in [0.2, 0.25) is 0 Å². The molecule has 0 unspecified atom stereocenters. The van der Waals surface area contributed by atoms with Gasteiger partial charge in [-0.3, -0.25) is 9.59 Å². The molecule has 1 aromatic carbocycles. The minimum Gasteiger partial charge on any atom is -0.361 e. The third-order valence-electron chi connectivity index (χ3n) is 5.48. The number of likely N-dealkylation sites (tertiary alicyclic amines) is 1. The van der Waals surface area contributed by atoms with Crippen LogP contribution in [0, 0.1) is 19.7 Å². The number of carbonyl (C=O) groups is 2. The standard InChI is InChI=1S/C20H22FN3O3S/c1-12-18(28-13(2)22-12)19(26)23-9-8-16-20(3,11-23)27-10-17(25)24(16)15-6-4-14(21)5-7-15/h4-7,16H,8-11H2,1-3H3/t16-,20-/m1/s1. The first kappa shape index (κ1) is 19.0. The van der Waals surface area contributed by atoms with Crippen molar-refractivity contribution in [1.29, 1.82) is 0 Å². The first-order valence-electron chi connectivity index (χ1n) is 9.23. The minimum atomic E-state index is -0.691. The van der Waals surface area contributed by atoms with E-state index in [4.69, 9.17) is 4.74 Å². The summed E-state index contributed by atoms with van der Waals surface area (Å²) < 4.78 is 19.3. The highest BCUT2D eigenvalue weighted by Gasteiger charge is 2.50. The molecule has 0 bridgehead atoms. The first-order chi connectivity index (χ1) is 13.3. The third-order valence-corrected chi connectivity index (χ3v) is 6.54. The van der Waals surface area contributed by atoms with Crippen LogP contribution in [0.1, 0.15) is 33.7 Å². The SMILES string of the molecule is Cc1nc(C)c(C(=O)N2CC[C@H]3N(c4ccc(F)cc4)C(=O)CO[C@]3(C)C2)s1. The van der Waals surface area contributed by atoms with Gasteiger partial charge in [-0.05, 0) is 51.5 Å². The molecule has 2 aliphatic heterocycles. The van der Waals surface area contributed by atoms with Crippen molar-refractivity contribution in [2.45, 2.75) is 38.8 Å². The van der Waals surface area contributed by atoms with Gasteiger partial charge in [-0.2, -0.15) is 0 Å². The second kappa shape index (κ2) is 6.93. The molecule has 1 aromatic heterocycles. The molecular formula is C20H22FN3O3S. The number of fused-ring (bicyclic) bond motifs is 1. The molecule has 2 atom stereocenters. The number of rotatable bonds is 2. The first-order valence-corrected chi connectivity index (χ1v) is 10.0. The number of ether oxygens (including phenoxy) is 1. The Morgan fingerprint density at radius 3 is 2.68 bits per heavy atom. The number of morpholine rings is 1. The van der Waals surface area contributed by atoms with Crippen molar-refractivity contribution in [3.05, 3.63) is 45.7 Å². The summed E-state index contributed by atoms with van der Waals surface area (Å²) >= 11 is 1.40. The molecule has 2 saturated heterocycles. The van der Waals surface area contributed by atoms with E-state index in [0.717, 1.165) is 10.7 Å². The maximum atomic E-state index is 13.3. The molecule has 148 valence electrons. The van der Waals surface area contributed by atoms with Crippen molar-refractivity contribution >= 4 is 28.8 Å². The zero-order valence-corrected chi connectivity index (χ0v) is 16.9. The van der Waals surface area contributed by atoms with Crippen LogP contribution in [0.15, 0.2) is 24.3 Å². The zero-order chi connectivity index (χ0) is 20.1. The van der Waals surface area contributed by atoms with Crippen molar-refractivity contribution in [2.24, 2.45) is 0 Å². The Labute approximate surface area is 166 Å². The maximum absolute atomic E-state index is 13.3. The van der Waals surface area contributed by atoms with Gasteiger partial charge in [-0.15, -0.1) is 11.3 Å². The average molecular weight is 403 g/mol. The van der Waals surface area contributed by atoms with Gasteiger partial charge in [0.1, 0.15) is 22.9 Å². The molecule has 0 aliphatic carbocycles. The Bertz CT molecular complexity index is 929. The summed E-state index contributed by atoms with van der Waals surface area (Å²) in [5, 5.41) is 0.865. The molecule has 3 heterocycles. The van der Waals surface area contributed by atoms with Gasteiger partial charge in [0.25, 0.3) is 11.8 Å².